The van der Waals surface area contributed by atoms with Gasteiger partial charge in [0.25, 0.3) is 5.92 Å². The third-order valence-corrected chi connectivity index (χ3v) is 5.32. The molecule has 1 atom stereocenters. The molecule has 0 unspecified atom stereocenters. The van der Waals surface area contributed by atoms with Crippen molar-refractivity contribution in [1.29, 1.82) is 0 Å². The Labute approximate surface area is 164 Å². The molecule has 2 aliphatic rings. The maximum atomic E-state index is 14.6. The average molecular weight is 438 g/mol. The van der Waals surface area contributed by atoms with Gasteiger partial charge in [-0.3, -0.25) is 0 Å². The SMILES string of the molecule is O=C1OC[C@@]2(CCC(F)(F)c3c2ccnc3Cl)N1c1ncc(C(F)(F)F)cc1F. The van der Waals surface area contributed by atoms with Crippen LogP contribution in [0.5, 0.6) is 0 Å². The summed E-state index contributed by atoms with van der Waals surface area (Å²) in [5.74, 6) is -5.57. The minimum absolute atomic E-state index is 0.124. The predicted octanol–water partition coefficient (Wildman–Crippen LogP) is 5.03. The quantitative estimate of drug-likeness (QED) is 0.464. The maximum absolute atomic E-state index is 14.6. The van der Waals surface area contributed by atoms with Crippen LogP contribution in [0.1, 0.15) is 29.5 Å². The van der Waals surface area contributed by atoms with Gasteiger partial charge in [-0.05, 0) is 24.1 Å². The molecular weight excluding hydrogens is 428 g/mol. The fourth-order valence-corrected chi connectivity index (χ4v) is 4.00. The predicted molar refractivity (Wildman–Crippen MR) is 87.1 cm³/mol. The van der Waals surface area contributed by atoms with Crippen molar-refractivity contribution in [2.75, 3.05) is 11.5 Å². The second-order valence-corrected chi connectivity index (χ2v) is 7.04. The molecule has 0 aromatic carbocycles. The van der Waals surface area contributed by atoms with Crippen LogP contribution in [0, 0.1) is 5.82 Å². The van der Waals surface area contributed by atoms with Gasteiger partial charge in [0, 0.05) is 18.8 Å². The van der Waals surface area contributed by atoms with Gasteiger partial charge in [-0.25, -0.2) is 32.8 Å². The summed E-state index contributed by atoms with van der Waals surface area (Å²) in [5, 5.41) is -0.494. The molecule has 154 valence electrons. The molecule has 4 rings (SSSR count). The third-order valence-electron chi connectivity index (χ3n) is 5.03. The van der Waals surface area contributed by atoms with Crippen LogP contribution in [0.4, 0.5) is 37.0 Å². The highest BCUT2D eigenvalue weighted by Gasteiger charge is 2.58. The Morgan fingerprint density at radius 3 is 2.59 bits per heavy atom. The van der Waals surface area contributed by atoms with E-state index in [-0.39, 0.29) is 18.1 Å². The van der Waals surface area contributed by atoms with Crippen LogP contribution in [0.2, 0.25) is 5.15 Å². The van der Waals surface area contributed by atoms with Crippen molar-refractivity contribution in [3.05, 3.63) is 52.2 Å². The molecule has 1 fully saturated rings. The van der Waals surface area contributed by atoms with Crippen molar-refractivity contribution in [3.8, 4) is 0 Å². The summed E-state index contributed by atoms with van der Waals surface area (Å²) >= 11 is 5.87. The number of aromatic nitrogens is 2. The first kappa shape index (κ1) is 19.7. The van der Waals surface area contributed by atoms with E-state index in [1.165, 1.54) is 6.07 Å². The Morgan fingerprint density at radius 1 is 1.21 bits per heavy atom. The summed E-state index contributed by atoms with van der Waals surface area (Å²) in [5.41, 5.74) is -3.73. The van der Waals surface area contributed by atoms with Gasteiger partial charge < -0.3 is 4.74 Å². The first-order valence-corrected chi connectivity index (χ1v) is 8.58. The summed E-state index contributed by atoms with van der Waals surface area (Å²) in [4.78, 5) is 20.1. The van der Waals surface area contributed by atoms with E-state index in [2.05, 4.69) is 9.97 Å². The van der Waals surface area contributed by atoms with Crippen LogP contribution in [-0.4, -0.2) is 22.7 Å². The molecule has 0 radical (unpaired) electrons. The Bertz CT molecular complexity index is 1020. The van der Waals surface area contributed by atoms with Crippen molar-refractivity contribution in [1.82, 2.24) is 9.97 Å². The molecule has 5 nitrogen and oxygen atoms in total. The van der Waals surface area contributed by atoms with Crippen LogP contribution in [0.25, 0.3) is 0 Å². The fourth-order valence-electron chi connectivity index (χ4n) is 3.70. The topological polar surface area (TPSA) is 55.3 Å². The molecule has 12 heteroatoms. The van der Waals surface area contributed by atoms with Gasteiger partial charge in [-0.1, -0.05) is 11.6 Å². The molecule has 3 heterocycles. The van der Waals surface area contributed by atoms with Gasteiger partial charge in [0.15, 0.2) is 11.6 Å². The number of halogens is 7. The molecule has 2 aromatic heterocycles. The first-order valence-electron chi connectivity index (χ1n) is 8.20. The van der Waals surface area contributed by atoms with E-state index in [1.807, 2.05) is 0 Å². The van der Waals surface area contributed by atoms with Crippen LogP contribution in [-0.2, 0) is 22.4 Å². The van der Waals surface area contributed by atoms with Crippen LogP contribution < -0.4 is 4.90 Å². The lowest BCUT2D eigenvalue weighted by Crippen LogP contribution is -2.50. The number of hydrogen-bond donors (Lipinski definition) is 0. The zero-order valence-corrected chi connectivity index (χ0v) is 15.0. The number of carbonyl (C=O) groups is 1. The van der Waals surface area contributed by atoms with Crippen molar-refractivity contribution in [2.45, 2.75) is 30.5 Å². The zero-order chi connectivity index (χ0) is 21.2. The lowest BCUT2D eigenvalue weighted by Gasteiger charge is -2.42. The number of cyclic esters (lactones) is 1. The summed E-state index contributed by atoms with van der Waals surface area (Å²) in [6, 6.07) is 1.38. The summed E-state index contributed by atoms with van der Waals surface area (Å²) in [6.45, 7) is -0.433. The number of ether oxygens (including phenoxy) is 1. The van der Waals surface area contributed by atoms with Crippen LogP contribution in [0.3, 0.4) is 0 Å². The Balaban J connectivity index is 1.90. The molecule has 29 heavy (non-hydrogen) atoms. The highest BCUT2D eigenvalue weighted by atomic mass is 35.5. The molecule has 2 aromatic rings. The number of pyridine rings is 2. The zero-order valence-electron chi connectivity index (χ0n) is 14.2. The highest BCUT2D eigenvalue weighted by Crippen LogP contribution is 2.54. The van der Waals surface area contributed by atoms with Crippen LogP contribution >= 0.6 is 11.6 Å². The molecule has 1 spiro atoms. The Hall–Kier alpha value is -2.56. The summed E-state index contributed by atoms with van der Waals surface area (Å²) in [7, 11) is 0. The second-order valence-electron chi connectivity index (χ2n) is 6.68. The standard InChI is InChI=1S/C17H10ClF6N3O2/c18-12-11-9(1-4-25-12)15(2-3-16(11,20)21)7-29-14(28)27(15)13-10(19)5-8(6-26-13)17(22,23)24/h1,4-6H,2-3,7H2/t15-/m1/s1. The summed E-state index contributed by atoms with van der Waals surface area (Å²) < 4.78 is 87.0. The van der Waals surface area contributed by atoms with E-state index < -0.39 is 64.7 Å². The van der Waals surface area contributed by atoms with Crippen molar-refractivity contribution in [2.24, 2.45) is 0 Å². The number of carbonyl (C=O) groups excluding carboxylic acids is 1. The molecular formula is C17H10ClF6N3O2. The third kappa shape index (κ3) is 2.90. The molecule has 1 amide bonds. The van der Waals surface area contributed by atoms with Crippen LogP contribution in [0.15, 0.2) is 24.5 Å². The number of anilines is 1. The van der Waals surface area contributed by atoms with E-state index in [4.69, 9.17) is 16.3 Å². The Morgan fingerprint density at radius 2 is 1.93 bits per heavy atom. The fraction of sp³-hybridized carbons (Fsp3) is 0.353. The minimum atomic E-state index is -4.85. The molecule has 1 aliphatic heterocycles. The van der Waals surface area contributed by atoms with Gasteiger partial charge in [0.05, 0.1) is 11.1 Å². The normalized spacial score (nSPS) is 23.3. The second kappa shape index (κ2) is 6.22. The van der Waals surface area contributed by atoms with Gasteiger partial charge in [-0.2, -0.15) is 13.2 Å². The number of hydrogen-bond acceptors (Lipinski definition) is 4. The van der Waals surface area contributed by atoms with E-state index in [9.17, 15) is 31.1 Å². The van der Waals surface area contributed by atoms with Crippen molar-refractivity contribution < 1.29 is 35.9 Å². The van der Waals surface area contributed by atoms with Crippen molar-refractivity contribution in [3.63, 3.8) is 0 Å². The van der Waals surface area contributed by atoms with Gasteiger partial charge in [0.2, 0.25) is 0 Å². The van der Waals surface area contributed by atoms with Gasteiger partial charge in [0.1, 0.15) is 17.3 Å². The molecule has 0 bridgehead atoms. The number of nitrogens with zero attached hydrogens (tertiary/aromatic N) is 3. The molecule has 1 aliphatic carbocycles. The lowest BCUT2D eigenvalue weighted by atomic mass is 9.75. The average Bonchev–Trinajstić information content (AvgIpc) is 2.95. The monoisotopic (exact) mass is 437 g/mol. The minimum Gasteiger partial charge on any atom is -0.446 e. The number of amides is 1. The largest absolute Gasteiger partial charge is 0.446 e. The lowest BCUT2D eigenvalue weighted by molar-refractivity contribution is -0.138. The Kier molecular flexibility index (Phi) is 4.23. The summed E-state index contributed by atoms with van der Waals surface area (Å²) in [6.07, 6.45) is -5.60. The highest BCUT2D eigenvalue weighted by molar-refractivity contribution is 6.30. The van der Waals surface area contributed by atoms with Crippen molar-refractivity contribution >= 4 is 23.5 Å². The molecule has 0 saturated carbocycles. The first-order chi connectivity index (χ1) is 13.5. The number of rotatable bonds is 1. The number of fused-ring (bicyclic) bond motifs is 2. The van der Waals surface area contributed by atoms with Gasteiger partial charge >= 0.3 is 12.3 Å². The van der Waals surface area contributed by atoms with E-state index in [1.54, 1.807) is 0 Å². The van der Waals surface area contributed by atoms with E-state index in [0.717, 1.165) is 6.20 Å². The number of alkyl halides is 5. The molecule has 1 saturated heterocycles. The van der Waals surface area contributed by atoms with E-state index >= 15 is 0 Å². The van der Waals surface area contributed by atoms with Gasteiger partial charge in [-0.15, -0.1) is 0 Å². The van der Waals surface area contributed by atoms with E-state index in [0.29, 0.717) is 11.1 Å². The maximum Gasteiger partial charge on any atom is 0.417 e. The molecule has 0 N–H and O–H groups in total. The smallest absolute Gasteiger partial charge is 0.417 e.